The zero-order valence-electron chi connectivity index (χ0n) is 16.7. The van der Waals surface area contributed by atoms with E-state index in [0.29, 0.717) is 16.8 Å². The van der Waals surface area contributed by atoms with Crippen LogP contribution in [0.2, 0.25) is 0 Å². The summed E-state index contributed by atoms with van der Waals surface area (Å²) in [5.74, 6) is -0.824. The number of halogens is 1. The summed E-state index contributed by atoms with van der Waals surface area (Å²) >= 11 is 1.26. The van der Waals surface area contributed by atoms with Crippen LogP contribution in [0.4, 0.5) is 10.1 Å². The number of rotatable bonds is 5. The topological polar surface area (TPSA) is 90.4 Å². The first-order valence-electron chi connectivity index (χ1n) is 9.42. The molecule has 4 rings (SSSR count). The van der Waals surface area contributed by atoms with Gasteiger partial charge in [0.15, 0.2) is 0 Å². The number of thiophene rings is 1. The van der Waals surface area contributed by atoms with Crippen molar-refractivity contribution in [1.29, 1.82) is 0 Å². The van der Waals surface area contributed by atoms with Crippen molar-refractivity contribution < 1.29 is 9.18 Å². The number of hydrogen-bond acceptors (Lipinski definition) is 5. The van der Waals surface area contributed by atoms with Gasteiger partial charge in [0.25, 0.3) is 5.56 Å². The van der Waals surface area contributed by atoms with Crippen LogP contribution < -0.4 is 16.6 Å². The minimum absolute atomic E-state index is 0.0272. The Labute approximate surface area is 174 Å². The van der Waals surface area contributed by atoms with Crippen molar-refractivity contribution in [2.24, 2.45) is 5.92 Å². The van der Waals surface area contributed by atoms with Gasteiger partial charge in [-0.15, -0.1) is 16.4 Å². The van der Waals surface area contributed by atoms with Crippen LogP contribution in [0.1, 0.15) is 19.4 Å². The second-order valence-corrected chi connectivity index (χ2v) is 8.47. The molecule has 3 heterocycles. The molecule has 0 fully saturated rings. The monoisotopic (exact) mass is 429 g/mol. The summed E-state index contributed by atoms with van der Waals surface area (Å²) in [6, 6.07) is 6.13. The second-order valence-electron chi connectivity index (χ2n) is 7.55. The van der Waals surface area contributed by atoms with E-state index in [0.717, 1.165) is 10.2 Å². The van der Waals surface area contributed by atoms with Gasteiger partial charge in [-0.1, -0.05) is 19.9 Å². The molecule has 8 nitrogen and oxygen atoms in total. The summed E-state index contributed by atoms with van der Waals surface area (Å²) in [5, 5.41) is 8.45. The summed E-state index contributed by atoms with van der Waals surface area (Å²) in [6.45, 7) is 5.63. The van der Waals surface area contributed by atoms with Gasteiger partial charge in [-0.2, -0.15) is 0 Å². The van der Waals surface area contributed by atoms with E-state index in [-0.39, 0.29) is 22.9 Å². The molecule has 0 saturated heterocycles. The van der Waals surface area contributed by atoms with Gasteiger partial charge in [-0.05, 0) is 42.0 Å². The normalized spacial score (nSPS) is 11.6. The van der Waals surface area contributed by atoms with E-state index < -0.39 is 24.0 Å². The van der Waals surface area contributed by atoms with E-state index in [1.807, 2.05) is 13.8 Å². The van der Waals surface area contributed by atoms with E-state index in [2.05, 4.69) is 10.4 Å². The average molecular weight is 429 g/mol. The lowest BCUT2D eigenvalue weighted by Gasteiger charge is -2.09. The number of carbonyl (C=O) groups excluding carboxylic acids is 1. The Morgan fingerprint density at radius 2 is 2.03 bits per heavy atom. The van der Waals surface area contributed by atoms with Gasteiger partial charge in [-0.25, -0.2) is 18.3 Å². The molecule has 0 radical (unpaired) electrons. The molecule has 30 heavy (non-hydrogen) atoms. The van der Waals surface area contributed by atoms with Crippen LogP contribution in [-0.2, 0) is 17.9 Å². The Morgan fingerprint density at radius 3 is 2.73 bits per heavy atom. The third-order valence-electron chi connectivity index (χ3n) is 4.63. The Kier molecular flexibility index (Phi) is 5.02. The maximum atomic E-state index is 14.0. The SMILES string of the molecule is Cc1ccc(NC(=O)Cn2nc3n(CC(C)C)c(=O)c4sccc4n3c2=O)c(F)c1. The van der Waals surface area contributed by atoms with Crippen molar-refractivity contribution in [1.82, 2.24) is 18.7 Å². The number of hydrogen-bond donors (Lipinski definition) is 1. The summed E-state index contributed by atoms with van der Waals surface area (Å²) in [5.41, 5.74) is 0.459. The summed E-state index contributed by atoms with van der Waals surface area (Å²) in [7, 11) is 0. The molecule has 1 N–H and O–H groups in total. The minimum atomic E-state index is -0.595. The highest BCUT2D eigenvalue weighted by Crippen LogP contribution is 2.18. The molecule has 10 heteroatoms. The molecule has 0 aliphatic heterocycles. The first kappa shape index (κ1) is 20.0. The Balaban J connectivity index is 1.77. The van der Waals surface area contributed by atoms with E-state index >= 15 is 0 Å². The fourth-order valence-electron chi connectivity index (χ4n) is 3.31. The highest BCUT2D eigenvalue weighted by molar-refractivity contribution is 7.17. The molecule has 0 bridgehead atoms. The maximum absolute atomic E-state index is 14.0. The molecule has 0 atom stereocenters. The molecular weight excluding hydrogens is 409 g/mol. The first-order chi connectivity index (χ1) is 14.3. The molecule has 0 aliphatic carbocycles. The standard InChI is InChI=1S/C20H20FN5O3S/c1-11(2)9-24-18(28)17-15(6-7-30-17)26-19(24)23-25(20(26)29)10-16(27)22-14-5-4-12(3)8-13(14)21/h4-8,11H,9-10H2,1-3H3,(H,22,27). The fraction of sp³-hybridized carbons (Fsp3) is 0.300. The second kappa shape index (κ2) is 7.52. The molecule has 4 aromatic rings. The van der Waals surface area contributed by atoms with Crippen molar-refractivity contribution in [3.63, 3.8) is 0 Å². The van der Waals surface area contributed by atoms with E-state index in [4.69, 9.17) is 0 Å². The van der Waals surface area contributed by atoms with Crippen LogP contribution in [-0.4, -0.2) is 24.7 Å². The smallest absolute Gasteiger partial charge is 0.322 e. The number of amides is 1. The lowest BCUT2D eigenvalue weighted by molar-refractivity contribution is -0.117. The molecular formula is C20H20FN5O3S. The Hall–Kier alpha value is -3.27. The van der Waals surface area contributed by atoms with E-state index in [9.17, 15) is 18.8 Å². The summed E-state index contributed by atoms with van der Waals surface area (Å²) < 4.78 is 18.3. The van der Waals surface area contributed by atoms with Gasteiger partial charge < -0.3 is 5.32 Å². The van der Waals surface area contributed by atoms with Gasteiger partial charge in [0, 0.05) is 6.54 Å². The third-order valence-corrected chi connectivity index (χ3v) is 5.52. The Bertz CT molecular complexity index is 1400. The summed E-state index contributed by atoms with van der Waals surface area (Å²) in [4.78, 5) is 38.3. The zero-order chi connectivity index (χ0) is 21.6. The maximum Gasteiger partial charge on any atom is 0.352 e. The highest BCUT2D eigenvalue weighted by atomic mass is 32.1. The van der Waals surface area contributed by atoms with Crippen molar-refractivity contribution in [3.05, 3.63) is 61.9 Å². The third kappa shape index (κ3) is 3.43. The van der Waals surface area contributed by atoms with Gasteiger partial charge in [0.1, 0.15) is 17.1 Å². The number of nitrogens with zero attached hydrogens (tertiary/aromatic N) is 4. The molecule has 0 unspecified atom stereocenters. The number of anilines is 1. The summed E-state index contributed by atoms with van der Waals surface area (Å²) in [6.07, 6.45) is 0. The molecule has 0 spiro atoms. The number of carbonyl (C=O) groups is 1. The molecule has 1 aromatic carbocycles. The van der Waals surface area contributed by atoms with E-state index in [1.165, 1.54) is 32.4 Å². The number of aryl methyl sites for hydroxylation is 1. The van der Waals surface area contributed by atoms with Crippen LogP contribution in [0, 0.1) is 18.7 Å². The molecule has 156 valence electrons. The van der Waals surface area contributed by atoms with E-state index in [1.54, 1.807) is 24.4 Å². The Morgan fingerprint density at radius 1 is 1.27 bits per heavy atom. The van der Waals surface area contributed by atoms with Gasteiger partial charge in [0.2, 0.25) is 11.7 Å². The van der Waals surface area contributed by atoms with Crippen molar-refractivity contribution in [2.75, 3.05) is 5.32 Å². The predicted molar refractivity (Wildman–Crippen MR) is 114 cm³/mol. The lowest BCUT2D eigenvalue weighted by atomic mass is 10.2. The zero-order valence-corrected chi connectivity index (χ0v) is 17.5. The van der Waals surface area contributed by atoms with Crippen LogP contribution >= 0.6 is 11.3 Å². The largest absolute Gasteiger partial charge is 0.352 e. The van der Waals surface area contributed by atoms with Gasteiger partial charge >= 0.3 is 5.69 Å². The van der Waals surface area contributed by atoms with Crippen LogP contribution in [0.3, 0.4) is 0 Å². The predicted octanol–water partition coefficient (Wildman–Crippen LogP) is 2.61. The van der Waals surface area contributed by atoms with Gasteiger partial charge in [0.05, 0.1) is 11.2 Å². The molecule has 0 aliphatic rings. The molecule has 3 aromatic heterocycles. The lowest BCUT2D eigenvalue weighted by Crippen LogP contribution is -2.29. The fourth-order valence-corrected chi connectivity index (χ4v) is 4.14. The quantitative estimate of drug-likeness (QED) is 0.528. The number of aromatic nitrogens is 4. The van der Waals surface area contributed by atoms with Crippen LogP contribution in [0.5, 0.6) is 0 Å². The molecule has 1 amide bonds. The van der Waals surface area contributed by atoms with Gasteiger partial charge in [-0.3, -0.25) is 14.2 Å². The number of benzene rings is 1. The van der Waals surface area contributed by atoms with Crippen LogP contribution in [0.15, 0.2) is 39.2 Å². The first-order valence-corrected chi connectivity index (χ1v) is 10.3. The molecule has 0 saturated carbocycles. The number of fused-ring (bicyclic) bond motifs is 3. The van der Waals surface area contributed by atoms with Crippen molar-refractivity contribution >= 4 is 38.9 Å². The minimum Gasteiger partial charge on any atom is -0.322 e. The van der Waals surface area contributed by atoms with Crippen molar-refractivity contribution in [3.8, 4) is 0 Å². The van der Waals surface area contributed by atoms with Crippen LogP contribution in [0.25, 0.3) is 16.0 Å². The number of nitrogens with one attached hydrogen (secondary N) is 1. The average Bonchev–Trinajstić information content (AvgIpc) is 3.26. The van der Waals surface area contributed by atoms with Crippen molar-refractivity contribution in [2.45, 2.75) is 33.9 Å². The highest BCUT2D eigenvalue weighted by Gasteiger charge is 2.20.